The van der Waals surface area contributed by atoms with Gasteiger partial charge < -0.3 is 9.47 Å². The molecule has 0 aromatic rings. The van der Waals surface area contributed by atoms with E-state index in [0.717, 1.165) is 18.9 Å². The van der Waals surface area contributed by atoms with Crippen molar-refractivity contribution >= 4 is 14.2 Å². The van der Waals surface area contributed by atoms with Crippen LogP contribution in [0.4, 0.5) is 4.79 Å². The molecule has 3 nitrogen and oxygen atoms in total. The van der Waals surface area contributed by atoms with Gasteiger partial charge in [0.15, 0.2) is 0 Å². The van der Waals surface area contributed by atoms with Crippen molar-refractivity contribution in [3.05, 3.63) is 0 Å². The third-order valence-corrected chi connectivity index (χ3v) is 3.49. The van der Waals surface area contributed by atoms with Crippen LogP contribution in [0, 0.1) is 0 Å². The van der Waals surface area contributed by atoms with Gasteiger partial charge in [-0.1, -0.05) is 33.0 Å². The zero-order chi connectivity index (χ0) is 11.0. The lowest BCUT2D eigenvalue weighted by atomic mass is 10.4. The first-order valence-corrected chi connectivity index (χ1v) is 8.96. The van der Waals surface area contributed by atoms with E-state index in [2.05, 4.69) is 26.6 Å². The van der Waals surface area contributed by atoms with E-state index in [1.807, 2.05) is 0 Å². The van der Waals surface area contributed by atoms with Crippen molar-refractivity contribution in [3.63, 3.8) is 0 Å². The van der Waals surface area contributed by atoms with Gasteiger partial charge in [0.2, 0.25) is 0 Å². The molecule has 0 bridgehead atoms. The third kappa shape index (κ3) is 9.57. The van der Waals surface area contributed by atoms with Gasteiger partial charge in [0, 0.05) is 8.07 Å². The van der Waals surface area contributed by atoms with Crippen molar-refractivity contribution in [2.75, 3.05) is 13.2 Å². The number of ether oxygens (including phenoxy) is 2. The Morgan fingerprint density at radius 1 is 1.14 bits per heavy atom. The zero-order valence-corrected chi connectivity index (χ0v) is 10.8. The Balaban J connectivity index is 3.36. The van der Waals surface area contributed by atoms with Crippen molar-refractivity contribution in [1.29, 1.82) is 0 Å². The average molecular weight is 218 g/mol. The van der Waals surface area contributed by atoms with E-state index in [-0.39, 0.29) is 0 Å². The summed E-state index contributed by atoms with van der Waals surface area (Å²) < 4.78 is 9.79. The summed E-state index contributed by atoms with van der Waals surface area (Å²) in [6.07, 6.45) is 1.42. The minimum Gasteiger partial charge on any atom is -0.435 e. The molecule has 0 spiro atoms. The Labute approximate surface area is 87.8 Å². The van der Waals surface area contributed by atoms with Gasteiger partial charge in [-0.2, -0.15) is 0 Å². The summed E-state index contributed by atoms with van der Waals surface area (Å²) in [6, 6.07) is 0.996. The SMILES string of the molecule is CCCCOC(=O)OCC[Si](C)(C)C. The fourth-order valence-corrected chi connectivity index (χ4v) is 1.50. The molecule has 0 fully saturated rings. The van der Waals surface area contributed by atoms with Gasteiger partial charge >= 0.3 is 6.16 Å². The van der Waals surface area contributed by atoms with Crippen LogP contribution < -0.4 is 0 Å². The number of hydrogen-bond donors (Lipinski definition) is 0. The number of unbranched alkanes of at least 4 members (excludes halogenated alkanes) is 1. The van der Waals surface area contributed by atoms with Gasteiger partial charge in [0.1, 0.15) is 0 Å². The van der Waals surface area contributed by atoms with Crippen LogP contribution in [0.1, 0.15) is 19.8 Å². The number of rotatable bonds is 6. The second-order valence-electron chi connectivity index (χ2n) is 4.61. The van der Waals surface area contributed by atoms with E-state index in [4.69, 9.17) is 9.47 Å². The molecule has 14 heavy (non-hydrogen) atoms. The largest absolute Gasteiger partial charge is 0.508 e. The molecule has 0 atom stereocenters. The molecule has 0 amide bonds. The van der Waals surface area contributed by atoms with Crippen LogP contribution in [0.15, 0.2) is 0 Å². The first-order valence-electron chi connectivity index (χ1n) is 5.25. The van der Waals surface area contributed by atoms with Crippen LogP contribution in [0.25, 0.3) is 0 Å². The molecule has 0 N–H and O–H groups in total. The Morgan fingerprint density at radius 2 is 1.71 bits per heavy atom. The van der Waals surface area contributed by atoms with Gasteiger partial charge in [-0.3, -0.25) is 0 Å². The van der Waals surface area contributed by atoms with Crippen molar-refractivity contribution in [3.8, 4) is 0 Å². The molecule has 0 aromatic heterocycles. The molecule has 0 aromatic carbocycles. The van der Waals surface area contributed by atoms with Crippen LogP contribution >= 0.6 is 0 Å². The van der Waals surface area contributed by atoms with Crippen molar-refractivity contribution in [2.45, 2.75) is 45.5 Å². The lowest BCUT2D eigenvalue weighted by Crippen LogP contribution is -2.23. The highest BCUT2D eigenvalue weighted by molar-refractivity contribution is 6.76. The molecule has 4 heteroatoms. The van der Waals surface area contributed by atoms with Crippen molar-refractivity contribution < 1.29 is 14.3 Å². The summed E-state index contributed by atoms with van der Waals surface area (Å²) in [5.41, 5.74) is 0. The van der Waals surface area contributed by atoms with Gasteiger partial charge in [0.05, 0.1) is 13.2 Å². The highest BCUT2D eigenvalue weighted by Crippen LogP contribution is 2.07. The number of carbonyl (C=O) groups excluding carboxylic acids is 1. The lowest BCUT2D eigenvalue weighted by Gasteiger charge is -2.14. The summed E-state index contributed by atoms with van der Waals surface area (Å²) >= 11 is 0. The Morgan fingerprint density at radius 3 is 2.21 bits per heavy atom. The molecule has 0 aliphatic carbocycles. The second-order valence-corrected chi connectivity index (χ2v) is 10.2. The Bertz CT molecular complexity index is 163. The summed E-state index contributed by atoms with van der Waals surface area (Å²) in [6.45, 7) is 9.78. The molecule has 0 saturated carbocycles. The van der Waals surface area contributed by atoms with Crippen LogP contribution in [0.3, 0.4) is 0 Å². The first-order chi connectivity index (χ1) is 6.45. The molecule has 0 rings (SSSR count). The molecule has 84 valence electrons. The van der Waals surface area contributed by atoms with Crippen molar-refractivity contribution in [2.24, 2.45) is 0 Å². The van der Waals surface area contributed by atoms with Gasteiger partial charge in [0.25, 0.3) is 0 Å². The molecule has 0 aliphatic heterocycles. The standard InChI is InChI=1S/C10H22O3Si/c1-5-6-7-12-10(11)13-8-9-14(2,3)4/h5-9H2,1-4H3. The maximum atomic E-state index is 11.0. The van der Waals surface area contributed by atoms with Crippen LogP contribution in [0.2, 0.25) is 25.7 Å². The fourth-order valence-electron chi connectivity index (χ4n) is 0.782. The van der Waals surface area contributed by atoms with E-state index in [1.165, 1.54) is 0 Å². The van der Waals surface area contributed by atoms with E-state index in [9.17, 15) is 4.79 Å². The molecular weight excluding hydrogens is 196 g/mol. The van der Waals surface area contributed by atoms with Gasteiger partial charge in [-0.05, 0) is 12.5 Å². The van der Waals surface area contributed by atoms with Gasteiger partial charge in [-0.25, -0.2) is 4.79 Å². The summed E-state index contributed by atoms with van der Waals surface area (Å²) in [5.74, 6) is 0. The fraction of sp³-hybridized carbons (Fsp3) is 0.900. The molecule has 0 aliphatic rings. The maximum Gasteiger partial charge on any atom is 0.508 e. The summed E-state index contributed by atoms with van der Waals surface area (Å²) in [4.78, 5) is 11.0. The van der Waals surface area contributed by atoms with E-state index in [0.29, 0.717) is 13.2 Å². The third-order valence-electron chi connectivity index (χ3n) is 1.79. The van der Waals surface area contributed by atoms with E-state index >= 15 is 0 Å². The predicted octanol–water partition coefficient (Wildman–Crippen LogP) is 3.28. The first kappa shape index (κ1) is 13.5. The average Bonchev–Trinajstić information content (AvgIpc) is 2.02. The van der Waals surface area contributed by atoms with E-state index < -0.39 is 14.2 Å². The number of carbonyl (C=O) groups is 1. The molecule has 0 saturated heterocycles. The second kappa shape index (κ2) is 6.87. The Kier molecular flexibility index (Phi) is 6.62. The molecule has 0 heterocycles. The zero-order valence-electron chi connectivity index (χ0n) is 9.76. The predicted molar refractivity (Wildman–Crippen MR) is 60.4 cm³/mol. The topological polar surface area (TPSA) is 35.5 Å². The lowest BCUT2D eigenvalue weighted by molar-refractivity contribution is 0.0580. The van der Waals surface area contributed by atoms with Gasteiger partial charge in [-0.15, -0.1) is 0 Å². The van der Waals surface area contributed by atoms with Crippen LogP contribution in [-0.4, -0.2) is 27.4 Å². The minimum absolute atomic E-state index is 0.474. The maximum absolute atomic E-state index is 11.0. The highest BCUT2D eigenvalue weighted by Gasteiger charge is 2.13. The van der Waals surface area contributed by atoms with Crippen molar-refractivity contribution in [1.82, 2.24) is 0 Å². The Hall–Kier alpha value is -0.513. The minimum atomic E-state index is -1.09. The molecule has 0 unspecified atom stereocenters. The normalized spacial score (nSPS) is 11.1. The van der Waals surface area contributed by atoms with E-state index in [1.54, 1.807) is 0 Å². The monoisotopic (exact) mass is 218 g/mol. The van der Waals surface area contributed by atoms with Crippen LogP contribution in [0.5, 0.6) is 0 Å². The molecular formula is C10H22O3Si. The quantitative estimate of drug-likeness (QED) is 0.390. The highest BCUT2D eigenvalue weighted by atomic mass is 28.3. The van der Waals surface area contributed by atoms with Crippen LogP contribution in [-0.2, 0) is 9.47 Å². The smallest absolute Gasteiger partial charge is 0.435 e. The summed E-state index contributed by atoms with van der Waals surface area (Å²) in [7, 11) is -1.09. The molecule has 0 radical (unpaired) electrons. The number of hydrogen-bond acceptors (Lipinski definition) is 3. The summed E-state index contributed by atoms with van der Waals surface area (Å²) in [5, 5.41) is 0.